The molecule has 1 aromatic carbocycles. The fourth-order valence-electron chi connectivity index (χ4n) is 2.51. The second-order valence-electron chi connectivity index (χ2n) is 5.62. The Labute approximate surface area is 119 Å². The van der Waals surface area contributed by atoms with Crippen LogP contribution >= 0.6 is 15.9 Å². The number of hydrogen-bond donors (Lipinski definition) is 1. The predicted octanol–water partition coefficient (Wildman–Crippen LogP) is 3.57. The summed E-state index contributed by atoms with van der Waals surface area (Å²) in [7, 11) is 0. The van der Waals surface area contributed by atoms with Gasteiger partial charge in [-0.1, -0.05) is 41.9 Å². The first kappa shape index (κ1) is 14.0. The van der Waals surface area contributed by atoms with Gasteiger partial charge in [0.1, 0.15) is 0 Å². The molecule has 1 fully saturated rings. The van der Waals surface area contributed by atoms with Gasteiger partial charge in [-0.05, 0) is 36.5 Å². The zero-order valence-electron chi connectivity index (χ0n) is 11.3. The minimum Gasteiger partial charge on any atom is -0.329 e. The molecule has 0 radical (unpaired) electrons. The number of rotatable bonds is 6. The van der Waals surface area contributed by atoms with Crippen LogP contribution in [-0.2, 0) is 0 Å². The summed E-state index contributed by atoms with van der Waals surface area (Å²) in [6.45, 7) is 6.41. The van der Waals surface area contributed by atoms with E-state index in [9.17, 15) is 0 Å². The average Bonchev–Trinajstić information content (AvgIpc) is 3.14. The molecule has 0 heterocycles. The van der Waals surface area contributed by atoms with Gasteiger partial charge < -0.3 is 5.73 Å². The Bertz CT molecular complexity index is 371. The Hall–Kier alpha value is -0.380. The van der Waals surface area contributed by atoms with Crippen LogP contribution in [0.5, 0.6) is 0 Å². The third-order valence-electron chi connectivity index (χ3n) is 3.47. The monoisotopic (exact) mass is 310 g/mol. The molecule has 2 nitrogen and oxygen atoms in total. The maximum atomic E-state index is 6.03. The molecule has 0 saturated heterocycles. The summed E-state index contributed by atoms with van der Waals surface area (Å²) in [6, 6.07) is 9.73. The van der Waals surface area contributed by atoms with Crippen LogP contribution in [0, 0.1) is 5.92 Å². The maximum absolute atomic E-state index is 6.03. The molecule has 0 bridgehead atoms. The maximum Gasteiger partial charge on any atom is 0.0473 e. The first-order chi connectivity index (χ1) is 8.61. The summed E-state index contributed by atoms with van der Waals surface area (Å²) in [6.07, 6.45) is 2.67. The third-order valence-corrected chi connectivity index (χ3v) is 4.00. The summed E-state index contributed by atoms with van der Waals surface area (Å²) < 4.78 is 1.13. The number of nitrogens with zero attached hydrogens (tertiary/aromatic N) is 1. The van der Waals surface area contributed by atoms with Gasteiger partial charge in [-0.25, -0.2) is 0 Å². The lowest BCUT2D eigenvalue weighted by Gasteiger charge is -2.32. The second kappa shape index (κ2) is 6.18. The van der Waals surface area contributed by atoms with Gasteiger partial charge in [-0.15, -0.1) is 0 Å². The van der Waals surface area contributed by atoms with Crippen molar-refractivity contribution in [2.75, 3.05) is 13.1 Å². The van der Waals surface area contributed by atoms with E-state index in [0.717, 1.165) is 17.1 Å². The molecule has 1 aliphatic rings. The van der Waals surface area contributed by atoms with E-state index in [1.165, 1.54) is 18.4 Å². The van der Waals surface area contributed by atoms with Crippen molar-refractivity contribution in [3.05, 3.63) is 34.3 Å². The van der Waals surface area contributed by atoms with E-state index in [1.807, 2.05) is 0 Å². The molecule has 100 valence electrons. The molecule has 0 aliphatic heterocycles. The minimum atomic E-state index is 0.369. The van der Waals surface area contributed by atoms with Crippen molar-refractivity contribution in [2.45, 2.75) is 38.8 Å². The Morgan fingerprint density at radius 1 is 1.28 bits per heavy atom. The number of halogens is 1. The topological polar surface area (TPSA) is 29.3 Å². The van der Waals surface area contributed by atoms with Gasteiger partial charge in [0.25, 0.3) is 0 Å². The molecule has 1 aromatic rings. The van der Waals surface area contributed by atoms with Gasteiger partial charge in [-0.3, -0.25) is 4.90 Å². The highest BCUT2D eigenvalue weighted by Crippen LogP contribution is 2.34. The molecular weight excluding hydrogens is 288 g/mol. The van der Waals surface area contributed by atoms with E-state index in [4.69, 9.17) is 5.73 Å². The van der Waals surface area contributed by atoms with E-state index in [2.05, 4.69) is 58.9 Å². The summed E-state index contributed by atoms with van der Waals surface area (Å²) in [5, 5.41) is 0. The Kier molecular flexibility index (Phi) is 4.82. The van der Waals surface area contributed by atoms with Crippen molar-refractivity contribution in [1.29, 1.82) is 0 Å². The van der Waals surface area contributed by atoms with E-state index < -0.39 is 0 Å². The summed E-state index contributed by atoms with van der Waals surface area (Å²) in [5.41, 5.74) is 7.37. The summed E-state index contributed by atoms with van der Waals surface area (Å²) >= 11 is 3.49. The normalized spacial score (nSPS) is 17.4. The first-order valence-electron chi connectivity index (χ1n) is 6.83. The summed E-state index contributed by atoms with van der Waals surface area (Å²) in [4.78, 5) is 2.61. The molecule has 3 heteroatoms. The van der Waals surface area contributed by atoms with Crippen LogP contribution in [0.4, 0.5) is 0 Å². The standard InChI is InChI=1S/C15H23BrN2/c1-11(2)10-18(14-7-8-14)15(9-17)12-3-5-13(16)6-4-12/h3-6,11,14-15H,7-10,17H2,1-2H3. The van der Waals surface area contributed by atoms with Gasteiger partial charge in [0.15, 0.2) is 0 Å². The Morgan fingerprint density at radius 2 is 1.89 bits per heavy atom. The number of hydrogen-bond acceptors (Lipinski definition) is 2. The molecule has 1 atom stereocenters. The SMILES string of the molecule is CC(C)CN(C1CC1)C(CN)c1ccc(Br)cc1. The molecule has 18 heavy (non-hydrogen) atoms. The van der Waals surface area contributed by atoms with Gasteiger partial charge in [0.05, 0.1) is 0 Å². The first-order valence-corrected chi connectivity index (χ1v) is 7.62. The lowest BCUT2D eigenvalue weighted by atomic mass is 10.0. The van der Waals surface area contributed by atoms with Gasteiger partial charge in [0, 0.05) is 29.6 Å². The quantitative estimate of drug-likeness (QED) is 0.870. The van der Waals surface area contributed by atoms with Crippen molar-refractivity contribution in [1.82, 2.24) is 4.90 Å². The van der Waals surface area contributed by atoms with Gasteiger partial charge >= 0.3 is 0 Å². The third kappa shape index (κ3) is 3.56. The van der Waals surface area contributed by atoms with E-state index >= 15 is 0 Å². The van der Waals surface area contributed by atoms with Crippen molar-refractivity contribution in [3.8, 4) is 0 Å². The molecule has 1 aliphatic carbocycles. The minimum absolute atomic E-state index is 0.369. The van der Waals surface area contributed by atoms with Crippen molar-refractivity contribution in [2.24, 2.45) is 11.7 Å². The van der Waals surface area contributed by atoms with Crippen molar-refractivity contribution >= 4 is 15.9 Å². The highest BCUT2D eigenvalue weighted by Gasteiger charge is 2.34. The molecular formula is C15H23BrN2. The second-order valence-corrected chi connectivity index (χ2v) is 6.54. The molecule has 2 rings (SSSR count). The highest BCUT2D eigenvalue weighted by molar-refractivity contribution is 9.10. The van der Waals surface area contributed by atoms with Crippen LogP contribution in [0.1, 0.15) is 38.3 Å². The van der Waals surface area contributed by atoms with E-state index in [0.29, 0.717) is 18.5 Å². The number of nitrogens with two attached hydrogens (primary N) is 1. The fraction of sp³-hybridized carbons (Fsp3) is 0.600. The van der Waals surface area contributed by atoms with E-state index in [1.54, 1.807) is 0 Å². The fourth-order valence-corrected chi connectivity index (χ4v) is 2.77. The average molecular weight is 311 g/mol. The molecule has 1 saturated carbocycles. The van der Waals surface area contributed by atoms with Crippen molar-refractivity contribution in [3.63, 3.8) is 0 Å². The lowest BCUT2D eigenvalue weighted by Crippen LogP contribution is -2.38. The number of benzene rings is 1. The lowest BCUT2D eigenvalue weighted by molar-refractivity contribution is 0.169. The smallest absolute Gasteiger partial charge is 0.0473 e. The zero-order valence-corrected chi connectivity index (χ0v) is 12.9. The zero-order chi connectivity index (χ0) is 13.1. The van der Waals surface area contributed by atoms with Crippen LogP contribution in [0.25, 0.3) is 0 Å². The molecule has 2 N–H and O–H groups in total. The predicted molar refractivity (Wildman–Crippen MR) is 80.5 cm³/mol. The van der Waals surface area contributed by atoms with Crippen LogP contribution < -0.4 is 5.73 Å². The highest BCUT2D eigenvalue weighted by atomic mass is 79.9. The van der Waals surface area contributed by atoms with Crippen LogP contribution in [0.15, 0.2) is 28.7 Å². The Morgan fingerprint density at radius 3 is 2.33 bits per heavy atom. The van der Waals surface area contributed by atoms with E-state index in [-0.39, 0.29) is 0 Å². The van der Waals surface area contributed by atoms with Crippen LogP contribution in [0.2, 0.25) is 0 Å². The Balaban J connectivity index is 2.16. The molecule has 1 unspecified atom stereocenters. The molecule has 0 spiro atoms. The van der Waals surface area contributed by atoms with Gasteiger partial charge in [-0.2, -0.15) is 0 Å². The van der Waals surface area contributed by atoms with Crippen LogP contribution in [-0.4, -0.2) is 24.0 Å². The van der Waals surface area contributed by atoms with Crippen LogP contribution in [0.3, 0.4) is 0 Å². The van der Waals surface area contributed by atoms with Gasteiger partial charge in [0.2, 0.25) is 0 Å². The molecule has 0 aromatic heterocycles. The summed E-state index contributed by atoms with van der Waals surface area (Å²) in [5.74, 6) is 0.690. The largest absolute Gasteiger partial charge is 0.329 e. The van der Waals surface area contributed by atoms with Crippen molar-refractivity contribution < 1.29 is 0 Å². The molecule has 0 amide bonds.